The van der Waals surface area contributed by atoms with Gasteiger partial charge in [-0.2, -0.15) is 4.98 Å². The van der Waals surface area contributed by atoms with Crippen molar-refractivity contribution in [3.8, 4) is 0 Å². The third kappa shape index (κ3) is 0.953. The van der Waals surface area contributed by atoms with Crippen LogP contribution < -0.4 is 5.73 Å². The van der Waals surface area contributed by atoms with Crippen LogP contribution in [0.5, 0.6) is 0 Å². The molecule has 0 atom stereocenters. The molecule has 0 spiro atoms. The molecule has 0 radical (unpaired) electrons. The maximum Gasteiger partial charge on any atom is 0.222 e. The van der Waals surface area contributed by atoms with Gasteiger partial charge in [-0.25, -0.2) is 9.97 Å². The van der Waals surface area contributed by atoms with E-state index >= 15 is 0 Å². The highest BCUT2D eigenvalue weighted by atomic mass is 79.9. The van der Waals surface area contributed by atoms with Gasteiger partial charge < -0.3 is 10.3 Å². The van der Waals surface area contributed by atoms with Crippen LogP contribution in [0.1, 0.15) is 0 Å². The lowest BCUT2D eigenvalue weighted by atomic mass is 10.5. The van der Waals surface area contributed by atoms with Crippen molar-refractivity contribution >= 4 is 33.0 Å². The van der Waals surface area contributed by atoms with Gasteiger partial charge in [-0.05, 0) is 15.9 Å². The molecular formula is C6H6BrN5. The molecule has 2 heterocycles. The summed E-state index contributed by atoms with van der Waals surface area (Å²) in [6, 6.07) is 0. The van der Waals surface area contributed by atoms with Crippen LogP contribution in [0.4, 0.5) is 5.95 Å². The monoisotopic (exact) mass is 227 g/mol. The fourth-order valence-electron chi connectivity index (χ4n) is 0.967. The fraction of sp³-hybridized carbons (Fsp3) is 0.167. The second-order valence-corrected chi connectivity index (χ2v) is 3.09. The van der Waals surface area contributed by atoms with Crippen LogP contribution in [0.3, 0.4) is 0 Å². The highest BCUT2D eigenvalue weighted by Crippen LogP contribution is 2.15. The number of fused-ring (bicyclic) bond motifs is 1. The van der Waals surface area contributed by atoms with Crippen LogP contribution in [0.15, 0.2) is 10.9 Å². The Morgan fingerprint density at radius 1 is 1.50 bits per heavy atom. The van der Waals surface area contributed by atoms with Crippen molar-refractivity contribution in [2.45, 2.75) is 0 Å². The Hall–Kier alpha value is -1.17. The van der Waals surface area contributed by atoms with Gasteiger partial charge in [0.1, 0.15) is 5.52 Å². The lowest BCUT2D eigenvalue weighted by Crippen LogP contribution is -1.96. The van der Waals surface area contributed by atoms with Crippen LogP contribution in [-0.2, 0) is 7.05 Å². The van der Waals surface area contributed by atoms with Crippen molar-refractivity contribution in [3.05, 3.63) is 10.9 Å². The summed E-state index contributed by atoms with van der Waals surface area (Å²) >= 11 is 3.28. The van der Waals surface area contributed by atoms with Crippen molar-refractivity contribution in [2.75, 3.05) is 5.73 Å². The number of anilines is 1. The number of hydrogen-bond acceptors (Lipinski definition) is 4. The fourth-order valence-corrected chi connectivity index (χ4v) is 1.33. The molecule has 6 heteroatoms. The van der Waals surface area contributed by atoms with Gasteiger partial charge in [0.15, 0.2) is 10.4 Å². The second kappa shape index (κ2) is 2.41. The number of halogens is 1. The summed E-state index contributed by atoms with van der Waals surface area (Å²) in [5, 5.41) is 0. The molecule has 5 nitrogen and oxygen atoms in total. The minimum atomic E-state index is 0.262. The topological polar surface area (TPSA) is 69.6 Å². The maximum absolute atomic E-state index is 5.42. The Morgan fingerprint density at radius 2 is 2.25 bits per heavy atom. The highest BCUT2D eigenvalue weighted by molar-refractivity contribution is 9.10. The van der Waals surface area contributed by atoms with E-state index in [4.69, 9.17) is 5.73 Å². The molecule has 0 saturated carbocycles. The number of aromatic nitrogens is 4. The van der Waals surface area contributed by atoms with E-state index < -0.39 is 0 Å². The van der Waals surface area contributed by atoms with Crippen molar-refractivity contribution < 1.29 is 0 Å². The van der Waals surface area contributed by atoms with Gasteiger partial charge in [0.25, 0.3) is 0 Å². The zero-order valence-corrected chi connectivity index (χ0v) is 7.91. The van der Waals surface area contributed by atoms with Crippen molar-refractivity contribution in [2.24, 2.45) is 7.05 Å². The van der Waals surface area contributed by atoms with Gasteiger partial charge in [-0.1, -0.05) is 0 Å². The van der Waals surface area contributed by atoms with E-state index in [1.807, 2.05) is 7.05 Å². The first kappa shape index (κ1) is 7.48. The minimum Gasteiger partial charge on any atom is -0.368 e. The molecule has 0 saturated heterocycles. The number of hydrogen-bond donors (Lipinski definition) is 1. The van der Waals surface area contributed by atoms with Gasteiger partial charge in [0.05, 0.1) is 6.20 Å². The summed E-state index contributed by atoms with van der Waals surface area (Å²) < 4.78 is 2.52. The smallest absolute Gasteiger partial charge is 0.222 e. The molecule has 0 aliphatic rings. The molecule has 0 bridgehead atoms. The standard InChI is InChI=1S/C6H6BrN5/c1-12-4-3(10-5(12)7)2-9-6(8)11-4/h2H,1H3,(H2,8,9,11). The molecular weight excluding hydrogens is 222 g/mol. The van der Waals surface area contributed by atoms with Crippen LogP contribution in [0, 0.1) is 0 Å². The molecule has 62 valence electrons. The largest absolute Gasteiger partial charge is 0.368 e. The summed E-state index contributed by atoms with van der Waals surface area (Å²) in [6.07, 6.45) is 1.60. The Bertz CT molecular complexity index is 435. The zero-order chi connectivity index (χ0) is 8.72. The molecule has 12 heavy (non-hydrogen) atoms. The molecule has 0 aromatic carbocycles. The molecule has 2 aromatic heterocycles. The van der Waals surface area contributed by atoms with Crippen LogP contribution >= 0.6 is 15.9 Å². The molecule has 2 rings (SSSR count). The third-order valence-electron chi connectivity index (χ3n) is 1.58. The van der Waals surface area contributed by atoms with Crippen molar-refractivity contribution in [1.29, 1.82) is 0 Å². The van der Waals surface area contributed by atoms with Crippen LogP contribution in [0.25, 0.3) is 11.2 Å². The first-order chi connectivity index (χ1) is 5.68. The first-order valence-electron chi connectivity index (χ1n) is 3.29. The van der Waals surface area contributed by atoms with Gasteiger partial charge in [0.2, 0.25) is 5.95 Å². The summed E-state index contributed by atoms with van der Waals surface area (Å²) in [4.78, 5) is 12.0. The number of nitrogen functional groups attached to an aromatic ring is 1. The Balaban J connectivity index is 2.88. The summed E-state index contributed by atoms with van der Waals surface area (Å²) in [6.45, 7) is 0. The normalized spacial score (nSPS) is 10.8. The Labute approximate surface area is 76.8 Å². The molecule has 0 unspecified atom stereocenters. The van der Waals surface area contributed by atoms with E-state index in [0.717, 1.165) is 15.9 Å². The summed E-state index contributed by atoms with van der Waals surface area (Å²) in [5.41, 5.74) is 6.89. The maximum atomic E-state index is 5.42. The molecule has 2 N–H and O–H groups in total. The number of nitrogens with two attached hydrogens (primary N) is 1. The Kier molecular flexibility index (Phi) is 1.50. The highest BCUT2D eigenvalue weighted by Gasteiger charge is 2.06. The van der Waals surface area contributed by atoms with E-state index in [9.17, 15) is 0 Å². The van der Waals surface area contributed by atoms with Crippen molar-refractivity contribution in [3.63, 3.8) is 0 Å². The molecule has 0 amide bonds. The van der Waals surface area contributed by atoms with E-state index in [-0.39, 0.29) is 5.95 Å². The zero-order valence-electron chi connectivity index (χ0n) is 6.32. The molecule has 0 aliphatic carbocycles. The number of rotatable bonds is 0. The van der Waals surface area contributed by atoms with Gasteiger partial charge in [-0.15, -0.1) is 0 Å². The summed E-state index contributed by atoms with van der Waals surface area (Å²) in [7, 11) is 1.85. The average Bonchev–Trinajstić information content (AvgIpc) is 2.31. The SMILES string of the molecule is Cn1c(Br)nc2cnc(N)nc21. The minimum absolute atomic E-state index is 0.262. The van der Waals surface area contributed by atoms with Gasteiger partial charge in [0, 0.05) is 7.05 Å². The second-order valence-electron chi connectivity index (χ2n) is 2.38. The van der Waals surface area contributed by atoms with Crippen LogP contribution in [-0.4, -0.2) is 19.5 Å². The quantitative estimate of drug-likeness (QED) is 0.674. The lowest BCUT2D eigenvalue weighted by molar-refractivity contribution is 0.897. The predicted octanol–water partition coefficient (Wildman–Crippen LogP) is 0.708. The van der Waals surface area contributed by atoms with Gasteiger partial charge in [-0.3, -0.25) is 0 Å². The molecule has 0 fully saturated rings. The average molecular weight is 228 g/mol. The summed E-state index contributed by atoms with van der Waals surface area (Å²) in [5.74, 6) is 0.262. The lowest BCUT2D eigenvalue weighted by Gasteiger charge is -1.94. The van der Waals surface area contributed by atoms with E-state index in [1.165, 1.54) is 0 Å². The number of imidazole rings is 1. The predicted molar refractivity (Wildman–Crippen MR) is 48.4 cm³/mol. The number of nitrogens with zero attached hydrogens (tertiary/aromatic N) is 4. The molecule has 2 aromatic rings. The van der Waals surface area contributed by atoms with Gasteiger partial charge >= 0.3 is 0 Å². The first-order valence-corrected chi connectivity index (χ1v) is 4.08. The third-order valence-corrected chi connectivity index (χ3v) is 2.29. The Morgan fingerprint density at radius 3 is 3.00 bits per heavy atom. The number of aryl methyl sites for hydroxylation is 1. The molecule has 0 aliphatic heterocycles. The van der Waals surface area contributed by atoms with Crippen molar-refractivity contribution in [1.82, 2.24) is 19.5 Å². The van der Waals surface area contributed by atoms with E-state index in [0.29, 0.717) is 0 Å². The van der Waals surface area contributed by atoms with Crippen LogP contribution in [0.2, 0.25) is 0 Å². The van der Waals surface area contributed by atoms with E-state index in [2.05, 4.69) is 30.9 Å². The van der Waals surface area contributed by atoms with E-state index in [1.54, 1.807) is 10.8 Å².